The number of benzene rings is 3. The van der Waals surface area contributed by atoms with Crippen molar-refractivity contribution in [2.75, 3.05) is 0 Å². The second-order valence-corrected chi connectivity index (χ2v) is 4.90. The maximum atomic E-state index is 12.3. The van der Waals surface area contributed by atoms with E-state index in [-0.39, 0.29) is 23.7 Å². The molecule has 0 fully saturated rings. The van der Waals surface area contributed by atoms with Crippen molar-refractivity contribution < 1.29 is 19.7 Å². The highest BCUT2D eigenvalue weighted by Gasteiger charge is 2.19. The summed E-state index contributed by atoms with van der Waals surface area (Å²) in [7, 11) is 0. The Balaban J connectivity index is 1.94. The lowest BCUT2D eigenvalue weighted by atomic mass is 10.0. The van der Waals surface area contributed by atoms with Crippen LogP contribution in [0.3, 0.4) is 0 Å². The first-order chi connectivity index (χ1) is 10.7. The zero-order chi connectivity index (χ0) is 15.5. The van der Waals surface area contributed by atoms with Gasteiger partial charge in [-0.25, -0.2) is 4.79 Å². The molecule has 0 aromatic heterocycles. The number of hydrogen-bond donors (Lipinski definition) is 2. The van der Waals surface area contributed by atoms with Crippen LogP contribution in [0.5, 0.6) is 11.5 Å². The van der Waals surface area contributed by atoms with E-state index in [1.54, 1.807) is 24.3 Å². The second kappa shape index (κ2) is 5.77. The van der Waals surface area contributed by atoms with Crippen molar-refractivity contribution in [3.63, 3.8) is 0 Å². The van der Waals surface area contributed by atoms with Gasteiger partial charge in [-0.1, -0.05) is 54.6 Å². The fourth-order valence-electron chi connectivity index (χ4n) is 2.35. The Kier molecular flexibility index (Phi) is 3.66. The van der Waals surface area contributed by atoms with Crippen molar-refractivity contribution in [1.29, 1.82) is 0 Å². The van der Waals surface area contributed by atoms with Crippen molar-refractivity contribution in [2.24, 2.45) is 0 Å². The lowest BCUT2D eigenvalue weighted by Crippen LogP contribution is -2.06. The number of fused-ring (bicyclic) bond motifs is 1. The fourth-order valence-corrected chi connectivity index (χ4v) is 2.35. The number of phenolic OH excluding ortho intramolecular Hbond substituents is 2. The zero-order valence-electron chi connectivity index (χ0n) is 11.7. The van der Waals surface area contributed by atoms with Crippen molar-refractivity contribution in [3.05, 3.63) is 71.8 Å². The molecule has 3 rings (SSSR count). The minimum Gasteiger partial charge on any atom is -0.507 e. The number of aromatic hydroxyl groups is 2. The summed E-state index contributed by atoms with van der Waals surface area (Å²) in [5.74, 6) is -1.00. The van der Waals surface area contributed by atoms with E-state index in [1.807, 2.05) is 30.3 Å². The minimum atomic E-state index is -0.627. The van der Waals surface area contributed by atoms with Gasteiger partial charge in [0.1, 0.15) is 23.7 Å². The van der Waals surface area contributed by atoms with E-state index in [1.165, 1.54) is 0 Å². The number of carbonyl (C=O) groups excluding carboxylic acids is 1. The van der Waals surface area contributed by atoms with Crippen LogP contribution in [-0.4, -0.2) is 16.2 Å². The molecule has 0 bridgehead atoms. The molecule has 0 radical (unpaired) electrons. The van der Waals surface area contributed by atoms with E-state index < -0.39 is 5.97 Å². The maximum Gasteiger partial charge on any atom is 0.342 e. The Bertz CT molecular complexity index is 825. The molecule has 0 aliphatic carbocycles. The van der Waals surface area contributed by atoms with Crippen LogP contribution in [0.1, 0.15) is 15.9 Å². The van der Waals surface area contributed by atoms with Gasteiger partial charge in [0.25, 0.3) is 0 Å². The van der Waals surface area contributed by atoms with Gasteiger partial charge in [0.15, 0.2) is 0 Å². The van der Waals surface area contributed by atoms with Crippen molar-refractivity contribution in [1.82, 2.24) is 0 Å². The molecule has 3 aromatic rings. The molecule has 4 heteroatoms. The van der Waals surface area contributed by atoms with Crippen LogP contribution in [0.4, 0.5) is 0 Å². The van der Waals surface area contributed by atoms with Gasteiger partial charge < -0.3 is 14.9 Å². The number of ether oxygens (including phenoxy) is 1. The van der Waals surface area contributed by atoms with Crippen LogP contribution in [0.25, 0.3) is 10.8 Å². The largest absolute Gasteiger partial charge is 0.507 e. The molecule has 0 amide bonds. The van der Waals surface area contributed by atoms with Gasteiger partial charge in [-0.15, -0.1) is 0 Å². The molecule has 2 N–H and O–H groups in total. The molecule has 4 nitrogen and oxygen atoms in total. The van der Waals surface area contributed by atoms with E-state index in [9.17, 15) is 15.0 Å². The van der Waals surface area contributed by atoms with Crippen molar-refractivity contribution in [3.8, 4) is 11.5 Å². The van der Waals surface area contributed by atoms with Crippen LogP contribution in [-0.2, 0) is 11.3 Å². The number of esters is 1. The predicted octanol–water partition coefficient (Wildman–Crippen LogP) is 3.61. The SMILES string of the molecule is O=C(OCc1ccccc1)c1c(O)cc(O)c2ccccc12. The Morgan fingerprint density at radius 3 is 2.23 bits per heavy atom. The normalized spacial score (nSPS) is 10.5. The number of rotatable bonds is 3. The van der Waals surface area contributed by atoms with Crippen LogP contribution < -0.4 is 0 Å². The number of hydrogen-bond acceptors (Lipinski definition) is 4. The first kappa shape index (κ1) is 13.9. The van der Waals surface area contributed by atoms with E-state index in [2.05, 4.69) is 0 Å². The zero-order valence-corrected chi connectivity index (χ0v) is 11.7. The smallest absolute Gasteiger partial charge is 0.342 e. The summed E-state index contributed by atoms with van der Waals surface area (Å²) in [5.41, 5.74) is 0.919. The highest BCUT2D eigenvalue weighted by molar-refractivity contribution is 6.08. The van der Waals surface area contributed by atoms with Gasteiger partial charge in [-0.3, -0.25) is 0 Å². The fraction of sp³-hybridized carbons (Fsp3) is 0.0556. The summed E-state index contributed by atoms with van der Waals surface area (Å²) in [4.78, 5) is 12.3. The summed E-state index contributed by atoms with van der Waals surface area (Å²) < 4.78 is 5.26. The molecule has 0 aliphatic rings. The summed E-state index contributed by atoms with van der Waals surface area (Å²) in [6.07, 6.45) is 0. The van der Waals surface area contributed by atoms with Crippen LogP contribution >= 0.6 is 0 Å². The third kappa shape index (κ3) is 2.59. The quantitative estimate of drug-likeness (QED) is 0.724. The van der Waals surface area contributed by atoms with Gasteiger partial charge in [0, 0.05) is 16.8 Å². The van der Waals surface area contributed by atoms with Gasteiger partial charge in [0.05, 0.1) is 0 Å². The number of phenols is 2. The third-order valence-corrected chi connectivity index (χ3v) is 3.42. The molecule has 110 valence electrons. The van der Waals surface area contributed by atoms with Crippen LogP contribution in [0.15, 0.2) is 60.7 Å². The molecule has 3 aromatic carbocycles. The Morgan fingerprint density at radius 1 is 0.864 bits per heavy atom. The minimum absolute atomic E-state index is 0.0596. The highest BCUT2D eigenvalue weighted by Crippen LogP contribution is 2.34. The van der Waals surface area contributed by atoms with E-state index in [0.717, 1.165) is 11.6 Å². The Morgan fingerprint density at radius 2 is 1.50 bits per heavy atom. The lowest BCUT2D eigenvalue weighted by molar-refractivity contribution is 0.0472. The van der Waals surface area contributed by atoms with Crippen molar-refractivity contribution >= 4 is 16.7 Å². The third-order valence-electron chi connectivity index (χ3n) is 3.42. The van der Waals surface area contributed by atoms with Gasteiger partial charge in [-0.2, -0.15) is 0 Å². The van der Waals surface area contributed by atoms with Crippen LogP contribution in [0.2, 0.25) is 0 Å². The van der Waals surface area contributed by atoms with E-state index >= 15 is 0 Å². The second-order valence-electron chi connectivity index (χ2n) is 4.90. The molecule has 0 saturated carbocycles. The van der Waals surface area contributed by atoms with Gasteiger partial charge >= 0.3 is 5.97 Å². The summed E-state index contributed by atoms with van der Waals surface area (Å²) in [5, 5.41) is 20.8. The van der Waals surface area contributed by atoms with Gasteiger partial charge in [0.2, 0.25) is 0 Å². The standard InChI is InChI=1S/C18H14O4/c19-15-10-16(20)17(14-9-5-4-8-13(14)15)18(21)22-11-12-6-2-1-3-7-12/h1-10,19-20H,11H2. The summed E-state index contributed by atoms with van der Waals surface area (Å²) >= 11 is 0. The van der Waals surface area contributed by atoms with Gasteiger partial charge in [-0.05, 0) is 5.56 Å². The summed E-state index contributed by atoms with van der Waals surface area (Å²) in [6, 6.07) is 17.3. The topological polar surface area (TPSA) is 66.8 Å². The lowest BCUT2D eigenvalue weighted by Gasteiger charge is -2.10. The molecule has 0 atom stereocenters. The van der Waals surface area contributed by atoms with Crippen LogP contribution in [0, 0.1) is 0 Å². The predicted molar refractivity (Wildman–Crippen MR) is 82.8 cm³/mol. The molecule has 0 saturated heterocycles. The highest BCUT2D eigenvalue weighted by atomic mass is 16.5. The summed E-state index contributed by atoms with van der Waals surface area (Å²) in [6.45, 7) is 0.119. The first-order valence-corrected chi connectivity index (χ1v) is 6.81. The Labute approximate surface area is 127 Å². The molecule has 0 spiro atoms. The molecule has 0 heterocycles. The number of carbonyl (C=O) groups is 1. The molecular weight excluding hydrogens is 280 g/mol. The van der Waals surface area contributed by atoms with E-state index in [0.29, 0.717) is 10.8 Å². The van der Waals surface area contributed by atoms with E-state index in [4.69, 9.17) is 4.74 Å². The average molecular weight is 294 g/mol. The monoisotopic (exact) mass is 294 g/mol. The Hall–Kier alpha value is -3.01. The maximum absolute atomic E-state index is 12.3. The molecular formula is C18H14O4. The average Bonchev–Trinajstić information content (AvgIpc) is 2.54. The molecule has 22 heavy (non-hydrogen) atoms. The molecule has 0 unspecified atom stereocenters. The first-order valence-electron chi connectivity index (χ1n) is 6.81. The van der Waals surface area contributed by atoms with Crippen molar-refractivity contribution in [2.45, 2.75) is 6.61 Å². The molecule has 0 aliphatic heterocycles.